The lowest BCUT2D eigenvalue weighted by Crippen LogP contribution is -2.02. The van der Waals surface area contributed by atoms with Crippen LogP contribution in [0.1, 0.15) is 5.82 Å². The monoisotopic (exact) mass is 260 g/mol. The number of hydrogen-bond donors (Lipinski definition) is 0. The molecule has 0 amide bonds. The molecule has 0 aliphatic rings. The second-order valence-corrected chi connectivity index (χ2v) is 4.30. The molecule has 0 aliphatic heterocycles. The predicted octanol–water partition coefficient (Wildman–Crippen LogP) is 3.00. The molecule has 0 N–H and O–H groups in total. The lowest BCUT2D eigenvalue weighted by Gasteiger charge is -2.02. The van der Waals surface area contributed by atoms with Crippen LogP contribution in [0, 0.1) is 11.3 Å². The molecule has 1 aromatic heterocycles. The number of para-hydroxylation sites is 1. The normalized spacial score (nSPS) is 10.2. The van der Waals surface area contributed by atoms with Crippen LogP contribution in [-0.2, 0) is 6.42 Å². The minimum atomic E-state index is 0.231. The van der Waals surface area contributed by atoms with E-state index in [0.29, 0.717) is 11.6 Å². The van der Waals surface area contributed by atoms with Crippen LogP contribution >= 0.6 is 0 Å². The van der Waals surface area contributed by atoms with E-state index >= 15 is 0 Å². The summed E-state index contributed by atoms with van der Waals surface area (Å²) in [5.74, 6) is 1.29. The van der Waals surface area contributed by atoms with E-state index in [1.165, 1.54) is 0 Å². The topological polar surface area (TPSA) is 54.5 Å². The Kier molecular flexibility index (Phi) is 3.25. The molecule has 0 radical (unpaired) electrons. The van der Waals surface area contributed by atoms with Crippen LogP contribution in [0.15, 0.2) is 60.7 Å². The van der Waals surface area contributed by atoms with Crippen LogP contribution in [0.2, 0.25) is 0 Å². The first-order chi connectivity index (χ1) is 9.88. The summed E-state index contributed by atoms with van der Waals surface area (Å²) in [6.07, 6.45) is 0.231. The van der Waals surface area contributed by atoms with Gasteiger partial charge in [-0.2, -0.15) is 5.26 Å². The minimum absolute atomic E-state index is 0.231. The highest BCUT2D eigenvalue weighted by molar-refractivity contribution is 5.54. The van der Waals surface area contributed by atoms with Crippen molar-refractivity contribution in [3.63, 3.8) is 0 Å². The number of benzene rings is 2. The van der Waals surface area contributed by atoms with Crippen molar-refractivity contribution in [2.45, 2.75) is 6.42 Å². The molecule has 2 aromatic carbocycles. The van der Waals surface area contributed by atoms with E-state index in [1.807, 2.05) is 60.7 Å². The number of nitrogens with zero attached hydrogens (tertiary/aromatic N) is 4. The van der Waals surface area contributed by atoms with E-state index in [0.717, 1.165) is 11.3 Å². The Morgan fingerprint density at radius 1 is 0.950 bits per heavy atom. The maximum absolute atomic E-state index is 8.94. The molecule has 0 aliphatic carbocycles. The molecule has 1 heterocycles. The highest BCUT2D eigenvalue weighted by Gasteiger charge is 2.12. The third-order valence-corrected chi connectivity index (χ3v) is 2.94. The van der Waals surface area contributed by atoms with Gasteiger partial charge in [0, 0.05) is 5.56 Å². The fourth-order valence-electron chi connectivity index (χ4n) is 2.01. The van der Waals surface area contributed by atoms with E-state index < -0.39 is 0 Å². The van der Waals surface area contributed by atoms with Gasteiger partial charge < -0.3 is 0 Å². The smallest absolute Gasteiger partial charge is 0.181 e. The van der Waals surface area contributed by atoms with Gasteiger partial charge in [-0.3, -0.25) is 0 Å². The summed E-state index contributed by atoms with van der Waals surface area (Å²) in [4.78, 5) is 4.48. The Bertz CT molecular complexity index is 739. The Morgan fingerprint density at radius 3 is 2.25 bits per heavy atom. The van der Waals surface area contributed by atoms with Gasteiger partial charge in [-0.15, -0.1) is 5.10 Å². The van der Waals surface area contributed by atoms with E-state index in [1.54, 1.807) is 4.68 Å². The quantitative estimate of drug-likeness (QED) is 0.727. The fraction of sp³-hybridized carbons (Fsp3) is 0.0625. The van der Waals surface area contributed by atoms with Crippen molar-refractivity contribution < 1.29 is 0 Å². The van der Waals surface area contributed by atoms with Crippen LogP contribution in [0.5, 0.6) is 0 Å². The zero-order valence-corrected chi connectivity index (χ0v) is 10.8. The summed E-state index contributed by atoms with van der Waals surface area (Å²) in [6, 6.07) is 21.6. The van der Waals surface area contributed by atoms with Gasteiger partial charge in [0.2, 0.25) is 0 Å². The number of hydrogen-bond acceptors (Lipinski definition) is 3. The molecule has 0 unspecified atom stereocenters. The van der Waals surface area contributed by atoms with E-state index in [2.05, 4.69) is 16.2 Å². The molecule has 0 saturated carbocycles. The average molecular weight is 260 g/mol. The van der Waals surface area contributed by atoms with Crippen molar-refractivity contribution in [3.05, 3.63) is 66.5 Å². The van der Waals surface area contributed by atoms with Crippen LogP contribution in [-0.4, -0.2) is 14.8 Å². The molecule has 0 fully saturated rings. The SMILES string of the molecule is N#CCc1nc(-c2ccccc2)nn1-c1ccccc1. The highest BCUT2D eigenvalue weighted by Crippen LogP contribution is 2.18. The molecule has 3 rings (SSSR count). The lowest BCUT2D eigenvalue weighted by molar-refractivity contribution is 0.823. The zero-order chi connectivity index (χ0) is 13.8. The molecule has 4 heteroatoms. The third kappa shape index (κ3) is 2.29. The number of rotatable bonds is 3. The van der Waals surface area contributed by atoms with Crippen LogP contribution in [0.25, 0.3) is 17.1 Å². The molecule has 0 bridgehead atoms. The number of nitriles is 1. The largest absolute Gasteiger partial charge is 0.216 e. The zero-order valence-electron chi connectivity index (χ0n) is 10.8. The lowest BCUT2D eigenvalue weighted by atomic mass is 10.2. The van der Waals surface area contributed by atoms with Gasteiger partial charge in [0.05, 0.1) is 18.2 Å². The Balaban J connectivity index is 2.11. The van der Waals surface area contributed by atoms with Crippen LogP contribution < -0.4 is 0 Å². The molecule has 3 aromatic rings. The molecule has 0 saturated heterocycles. The van der Waals surface area contributed by atoms with Crippen LogP contribution in [0.3, 0.4) is 0 Å². The second kappa shape index (κ2) is 5.37. The maximum atomic E-state index is 8.94. The van der Waals surface area contributed by atoms with Gasteiger partial charge in [-0.05, 0) is 12.1 Å². The summed E-state index contributed by atoms with van der Waals surface area (Å²) in [5.41, 5.74) is 1.86. The standard InChI is InChI=1S/C16H12N4/c17-12-11-15-18-16(13-7-3-1-4-8-13)19-20(15)14-9-5-2-6-10-14/h1-10H,11H2. The first-order valence-corrected chi connectivity index (χ1v) is 6.32. The molecule has 0 atom stereocenters. The van der Waals surface area contributed by atoms with Crippen molar-refractivity contribution in [1.29, 1.82) is 5.26 Å². The molecule has 4 nitrogen and oxygen atoms in total. The van der Waals surface area contributed by atoms with Crippen molar-refractivity contribution >= 4 is 0 Å². The van der Waals surface area contributed by atoms with Crippen molar-refractivity contribution in [2.75, 3.05) is 0 Å². The maximum Gasteiger partial charge on any atom is 0.181 e. The molecular weight excluding hydrogens is 248 g/mol. The van der Waals surface area contributed by atoms with Crippen molar-refractivity contribution in [2.24, 2.45) is 0 Å². The summed E-state index contributed by atoms with van der Waals surface area (Å²) in [6.45, 7) is 0. The molecule has 20 heavy (non-hydrogen) atoms. The third-order valence-electron chi connectivity index (χ3n) is 2.94. The highest BCUT2D eigenvalue weighted by atomic mass is 15.3. The van der Waals surface area contributed by atoms with Crippen molar-refractivity contribution in [3.8, 4) is 23.1 Å². The fourth-order valence-corrected chi connectivity index (χ4v) is 2.01. The van der Waals surface area contributed by atoms with E-state index in [4.69, 9.17) is 5.26 Å². The summed E-state index contributed by atoms with van der Waals surface area (Å²) in [7, 11) is 0. The average Bonchev–Trinajstić information content (AvgIpc) is 2.94. The molecule has 0 spiro atoms. The number of aromatic nitrogens is 3. The Hall–Kier alpha value is -2.93. The molecular formula is C16H12N4. The van der Waals surface area contributed by atoms with E-state index in [-0.39, 0.29) is 6.42 Å². The molecule has 96 valence electrons. The first-order valence-electron chi connectivity index (χ1n) is 6.32. The van der Waals surface area contributed by atoms with Crippen molar-refractivity contribution in [1.82, 2.24) is 14.8 Å². The van der Waals surface area contributed by atoms with E-state index in [9.17, 15) is 0 Å². The minimum Gasteiger partial charge on any atom is -0.216 e. The predicted molar refractivity (Wildman–Crippen MR) is 76.1 cm³/mol. The Labute approximate surface area is 116 Å². The summed E-state index contributed by atoms with van der Waals surface area (Å²) < 4.78 is 1.73. The van der Waals surface area contributed by atoms with Gasteiger partial charge in [0.15, 0.2) is 5.82 Å². The summed E-state index contributed by atoms with van der Waals surface area (Å²) in [5, 5.41) is 13.5. The van der Waals surface area contributed by atoms with Gasteiger partial charge in [0.25, 0.3) is 0 Å². The van der Waals surface area contributed by atoms with Gasteiger partial charge in [0.1, 0.15) is 5.82 Å². The first kappa shape index (κ1) is 12.1. The van der Waals surface area contributed by atoms with Gasteiger partial charge in [-0.25, -0.2) is 9.67 Å². The Morgan fingerprint density at radius 2 is 1.60 bits per heavy atom. The summed E-state index contributed by atoms with van der Waals surface area (Å²) >= 11 is 0. The van der Waals surface area contributed by atoms with Crippen LogP contribution in [0.4, 0.5) is 0 Å². The second-order valence-electron chi connectivity index (χ2n) is 4.30. The van der Waals surface area contributed by atoms with Gasteiger partial charge >= 0.3 is 0 Å². The van der Waals surface area contributed by atoms with Gasteiger partial charge in [-0.1, -0.05) is 48.5 Å².